The SMILES string of the molecule is [CH2-]C(=O)OC.[Na+]. The van der Waals surface area contributed by atoms with E-state index in [1.54, 1.807) is 0 Å². The summed E-state index contributed by atoms with van der Waals surface area (Å²) < 4.78 is 4.00. The Morgan fingerprint density at radius 3 is 2.00 bits per heavy atom. The van der Waals surface area contributed by atoms with Crippen LogP contribution in [0.4, 0.5) is 0 Å². The van der Waals surface area contributed by atoms with Crippen molar-refractivity contribution in [2.75, 3.05) is 7.11 Å². The van der Waals surface area contributed by atoms with E-state index in [0.29, 0.717) is 0 Å². The fourth-order valence-corrected chi connectivity index (χ4v) is 0. The third-order valence-electron chi connectivity index (χ3n) is 0.228. The Hall–Kier alpha value is 0.340. The maximum atomic E-state index is 9.48. The average molecular weight is 96.1 g/mol. The number of carbonyl (C=O) groups excluding carboxylic acids is 1. The molecule has 3 heteroatoms. The zero-order valence-corrected chi connectivity index (χ0v) is 6.02. The van der Waals surface area contributed by atoms with E-state index in [9.17, 15) is 4.79 Å². The van der Waals surface area contributed by atoms with Crippen LogP contribution in [0.2, 0.25) is 0 Å². The molecule has 0 aromatic heterocycles. The van der Waals surface area contributed by atoms with Crippen LogP contribution in [0.3, 0.4) is 0 Å². The number of rotatable bonds is 0. The van der Waals surface area contributed by atoms with Crippen molar-refractivity contribution < 1.29 is 39.1 Å². The van der Waals surface area contributed by atoms with Gasteiger partial charge in [0.2, 0.25) is 0 Å². The van der Waals surface area contributed by atoms with Crippen molar-refractivity contribution in [3.63, 3.8) is 0 Å². The Balaban J connectivity index is 0. The first-order valence-corrected chi connectivity index (χ1v) is 1.17. The third kappa shape index (κ3) is 8.84. The van der Waals surface area contributed by atoms with E-state index in [0.717, 1.165) is 0 Å². The normalized spacial score (nSPS) is 5.50. The molecule has 0 rings (SSSR count). The molecule has 0 radical (unpaired) electrons. The summed E-state index contributed by atoms with van der Waals surface area (Å²) in [6.07, 6.45) is 0. The van der Waals surface area contributed by atoms with E-state index in [2.05, 4.69) is 11.7 Å². The summed E-state index contributed by atoms with van der Waals surface area (Å²) in [4.78, 5) is 9.48. The predicted octanol–water partition coefficient (Wildman–Crippen LogP) is -3.00. The van der Waals surface area contributed by atoms with E-state index in [4.69, 9.17) is 0 Å². The minimum absolute atomic E-state index is 0. The summed E-state index contributed by atoms with van der Waals surface area (Å²) in [6, 6.07) is 0. The molecule has 6 heavy (non-hydrogen) atoms. The predicted molar refractivity (Wildman–Crippen MR) is 17.4 cm³/mol. The third-order valence-corrected chi connectivity index (χ3v) is 0.228. The van der Waals surface area contributed by atoms with Gasteiger partial charge in [-0.3, -0.25) is 11.7 Å². The molecule has 2 nitrogen and oxygen atoms in total. The molecule has 0 atom stereocenters. The minimum atomic E-state index is -0.495. The maximum absolute atomic E-state index is 9.48. The van der Waals surface area contributed by atoms with Crippen molar-refractivity contribution in [3.05, 3.63) is 6.92 Å². The largest absolute Gasteiger partial charge is 1.00 e. The van der Waals surface area contributed by atoms with Gasteiger partial charge in [-0.15, -0.1) is 0 Å². The smallest absolute Gasteiger partial charge is 0.492 e. The van der Waals surface area contributed by atoms with Gasteiger partial charge in [0, 0.05) is 0 Å². The molecule has 0 bridgehead atoms. The van der Waals surface area contributed by atoms with E-state index in [1.165, 1.54) is 7.11 Å². The van der Waals surface area contributed by atoms with Crippen LogP contribution < -0.4 is 29.6 Å². The van der Waals surface area contributed by atoms with Crippen LogP contribution in [0.1, 0.15) is 0 Å². The number of hydrogen-bond acceptors (Lipinski definition) is 2. The molecule has 0 amide bonds. The van der Waals surface area contributed by atoms with Crippen LogP contribution in [0.5, 0.6) is 0 Å². The first kappa shape index (κ1) is 9.60. The van der Waals surface area contributed by atoms with E-state index >= 15 is 0 Å². The maximum Gasteiger partial charge on any atom is 1.00 e. The number of methoxy groups -OCH3 is 1. The fraction of sp³-hybridized carbons (Fsp3) is 0.333. The van der Waals surface area contributed by atoms with Crippen LogP contribution in [0.25, 0.3) is 0 Å². The molecule has 0 aliphatic heterocycles. The molecule has 0 N–H and O–H groups in total. The van der Waals surface area contributed by atoms with Gasteiger partial charge in [0.25, 0.3) is 0 Å². The van der Waals surface area contributed by atoms with Crippen LogP contribution in [-0.4, -0.2) is 13.1 Å². The topological polar surface area (TPSA) is 26.3 Å². The Labute approximate surface area is 59.2 Å². The van der Waals surface area contributed by atoms with Gasteiger partial charge in [-0.2, -0.15) is 0 Å². The first-order chi connectivity index (χ1) is 2.27. The molecule has 0 saturated carbocycles. The van der Waals surface area contributed by atoms with Crippen LogP contribution >= 0.6 is 0 Å². The second-order valence-corrected chi connectivity index (χ2v) is 0.576. The van der Waals surface area contributed by atoms with Crippen molar-refractivity contribution in [3.8, 4) is 0 Å². The summed E-state index contributed by atoms with van der Waals surface area (Å²) >= 11 is 0. The fourth-order valence-electron chi connectivity index (χ4n) is 0. The summed E-state index contributed by atoms with van der Waals surface area (Å²) in [5.74, 6) is -0.495. The Morgan fingerprint density at radius 1 is 1.83 bits per heavy atom. The Kier molecular flexibility index (Phi) is 8.54. The molecular weight excluding hydrogens is 91.0 g/mol. The molecule has 0 heterocycles. The summed E-state index contributed by atoms with van der Waals surface area (Å²) in [7, 11) is 1.29. The van der Waals surface area contributed by atoms with Crippen molar-refractivity contribution >= 4 is 5.97 Å². The standard InChI is InChI=1S/C3H5O2.Na/c1-3(4)5-2;/h1H2,2H3;/q-1;+1. The summed E-state index contributed by atoms with van der Waals surface area (Å²) in [6.45, 7) is 2.90. The van der Waals surface area contributed by atoms with Gasteiger partial charge in [0.15, 0.2) is 5.97 Å². The van der Waals surface area contributed by atoms with Gasteiger partial charge >= 0.3 is 29.6 Å². The van der Waals surface area contributed by atoms with Crippen molar-refractivity contribution in [2.45, 2.75) is 0 Å². The molecule has 0 saturated heterocycles. The number of ether oxygens (including phenoxy) is 1. The van der Waals surface area contributed by atoms with E-state index < -0.39 is 5.97 Å². The van der Waals surface area contributed by atoms with Crippen molar-refractivity contribution in [1.29, 1.82) is 0 Å². The number of carbonyl (C=O) groups is 1. The summed E-state index contributed by atoms with van der Waals surface area (Å²) in [5, 5.41) is 0. The molecule has 0 spiro atoms. The second-order valence-electron chi connectivity index (χ2n) is 0.576. The van der Waals surface area contributed by atoms with Crippen molar-refractivity contribution in [2.24, 2.45) is 0 Å². The van der Waals surface area contributed by atoms with E-state index in [1.807, 2.05) is 0 Å². The number of hydrogen-bond donors (Lipinski definition) is 0. The Bertz CT molecular complexity index is 44.1. The zero-order chi connectivity index (χ0) is 4.28. The van der Waals surface area contributed by atoms with Crippen LogP contribution in [-0.2, 0) is 9.53 Å². The van der Waals surface area contributed by atoms with E-state index in [-0.39, 0.29) is 29.6 Å². The molecule has 0 unspecified atom stereocenters. The minimum Gasteiger partial charge on any atom is -0.492 e. The van der Waals surface area contributed by atoms with Gasteiger partial charge < -0.3 is 4.74 Å². The van der Waals surface area contributed by atoms with Gasteiger partial charge in [0.05, 0.1) is 7.11 Å². The molecule has 0 aromatic rings. The summed E-state index contributed by atoms with van der Waals surface area (Å²) in [5.41, 5.74) is 0. The second kappa shape index (κ2) is 5.34. The molecule has 30 valence electrons. The van der Waals surface area contributed by atoms with Crippen LogP contribution in [0, 0.1) is 6.92 Å². The number of esters is 1. The monoisotopic (exact) mass is 96.0 g/mol. The van der Waals surface area contributed by atoms with Crippen molar-refractivity contribution in [1.82, 2.24) is 0 Å². The first-order valence-electron chi connectivity index (χ1n) is 1.17. The Morgan fingerprint density at radius 2 is 2.00 bits per heavy atom. The van der Waals surface area contributed by atoms with Crippen LogP contribution in [0.15, 0.2) is 0 Å². The molecule has 0 aromatic carbocycles. The molecule has 0 aliphatic rings. The zero-order valence-electron chi connectivity index (χ0n) is 4.02. The average Bonchev–Trinajstić information content (AvgIpc) is 1.38. The van der Waals surface area contributed by atoms with Gasteiger partial charge in [-0.1, -0.05) is 0 Å². The molecule has 0 aliphatic carbocycles. The van der Waals surface area contributed by atoms with Gasteiger partial charge in [-0.05, 0) is 0 Å². The quantitative estimate of drug-likeness (QED) is 0.182. The molecular formula is C3H5NaO2. The van der Waals surface area contributed by atoms with Gasteiger partial charge in [0.1, 0.15) is 0 Å². The van der Waals surface area contributed by atoms with Gasteiger partial charge in [-0.25, -0.2) is 0 Å². The molecule has 0 fully saturated rings.